The van der Waals surface area contributed by atoms with E-state index >= 15 is 0 Å². The SMILES string of the molecule is O=c1cc[nH]c2nc(-c3ccccc3)c(-c3ccc4nccnc4c3)nc12. The van der Waals surface area contributed by atoms with Gasteiger partial charge in [-0.1, -0.05) is 36.4 Å². The lowest BCUT2D eigenvalue weighted by Crippen LogP contribution is -2.06. The highest BCUT2D eigenvalue weighted by molar-refractivity contribution is 5.88. The summed E-state index contributed by atoms with van der Waals surface area (Å²) in [6.07, 6.45) is 4.90. The monoisotopic (exact) mass is 351 g/mol. The molecule has 0 aliphatic carbocycles. The van der Waals surface area contributed by atoms with Gasteiger partial charge in [-0.05, 0) is 12.1 Å². The maximum atomic E-state index is 12.3. The van der Waals surface area contributed by atoms with Gasteiger partial charge in [0.15, 0.2) is 11.2 Å². The second-order valence-electron chi connectivity index (χ2n) is 6.09. The lowest BCUT2D eigenvalue weighted by molar-refractivity contribution is 1.21. The van der Waals surface area contributed by atoms with Crippen molar-refractivity contribution >= 4 is 22.2 Å². The standard InChI is InChI=1S/C21H13N5O/c27-17-8-9-24-21-20(17)25-19(18(26-21)13-4-2-1-3-5-13)14-6-7-15-16(12-14)23-11-10-22-15/h1-12H,(H,24,26,27). The largest absolute Gasteiger partial charge is 0.345 e. The van der Waals surface area contributed by atoms with Crippen molar-refractivity contribution in [2.24, 2.45) is 0 Å². The number of hydrogen-bond donors (Lipinski definition) is 1. The predicted octanol–water partition coefficient (Wildman–Crippen LogP) is 3.60. The molecule has 0 bridgehead atoms. The van der Waals surface area contributed by atoms with Gasteiger partial charge in [-0.15, -0.1) is 0 Å². The molecule has 0 saturated heterocycles. The second-order valence-corrected chi connectivity index (χ2v) is 6.09. The molecule has 2 aromatic carbocycles. The molecule has 0 amide bonds. The van der Waals surface area contributed by atoms with E-state index in [0.29, 0.717) is 22.6 Å². The Balaban J connectivity index is 1.85. The van der Waals surface area contributed by atoms with Gasteiger partial charge >= 0.3 is 0 Å². The predicted molar refractivity (Wildman–Crippen MR) is 104 cm³/mol. The minimum Gasteiger partial charge on any atom is -0.345 e. The molecule has 1 N–H and O–H groups in total. The van der Waals surface area contributed by atoms with Gasteiger partial charge in [-0.3, -0.25) is 14.8 Å². The maximum Gasteiger partial charge on any atom is 0.209 e. The Kier molecular flexibility index (Phi) is 3.47. The number of pyridine rings is 1. The molecular formula is C21H13N5O. The third-order valence-corrected chi connectivity index (χ3v) is 4.37. The lowest BCUT2D eigenvalue weighted by atomic mass is 10.0. The Bertz CT molecular complexity index is 1350. The number of rotatable bonds is 2. The zero-order valence-electron chi connectivity index (χ0n) is 14.1. The van der Waals surface area contributed by atoms with Crippen LogP contribution in [0.3, 0.4) is 0 Å². The van der Waals surface area contributed by atoms with Gasteiger partial charge < -0.3 is 4.98 Å². The van der Waals surface area contributed by atoms with Crippen LogP contribution < -0.4 is 5.43 Å². The van der Waals surface area contributed by atoms with E-state index in [1.165, 1.54) is 6.07 Å². The summed E-state index contributed by atoms with van der Waals surface area (Å²) in [6.45, 7) is 0. The third kappa shape index (κ3) is 2.64. The van der Waals surface area contributed by atoms with Crippen LogP contribution >= 0.6 is 0 Å². The first-order valence-corrected chi connectivity index (χ1v) is 8.45. The van der Waals surface area contributed by atoms with Gasteiger partial charge in [-0.2, -0.15) is 0 Å². The summed E-state index contributed by atoms with van der Waals surface area (Å²) in [5.74, 6) is 0. The first kappa shape index (κ1) is 15.3. The van der Waals surface area contributed by atoms with Crippen LogP contribution in [-0.4, -0.2) is 24.9 Å². The van der Waals surface area contributed by atoms with Crippen molar-refractivity contribution in [1.82, 2.24) is 24.9 Å². The highest BCUT2D eigenvalue weighted by Crippen LogP contribution is 2.31. The average molecular weight is 351 g/mol. The minimum atomic E-state index is -0.169. The molecular weight excluding hydrogens is 338 g/mol. The number of nitrogens with one attached hydrogen (secondary N) is 1. The van der Waals surface area contributed by atoms with Crippen LogP contribution in [0.2, 0.25) is 0 Å². The number of benzene rings is 2. The number of nitrogens with zero attached hydrogens (tertiary/aromatic N) is 4. The number of fused-ring (bicyclic) bond motifs is 2. The van der Waals surface area contributed by atoms with Crippen LogP contribution in [0.15, 0.2) is 78.0 Å². The van der Waals surface area contributed by atoms with Crippen LogP contribution in [0, 0.1) is 0 Å². The number of H-pyrrole nitrogens is 1. The van der Waals surface area contributed by atoms with E-state index in [2.05, 4.69) is 19.9 Å². The zero-order chi connectivity index (χ0) is 18.2. The van der Waals surface area contributed by atoms with E-state index in [1.54, 1.807) is 18.6 Å². The van der Waals surface area contributed by atoms with E-state index in [-0.39, 0.29) is 5.43 Å². The molecule has 5 rings (SSSR count). The van der Waals surface area contributed by atoms with Crippen molar-refractivity contribution < 1.29 is 0 Å². The normalized spacial score (nSPS) is 11.1. The fourth-order valence-electron chi connectivity index (χ4n) is 3.09. The summed E-state index contributed by atoms with van der Waals surface area (Å²) in [5, 5.41) is 0. The summed E-state index contributed by atoms with van der Waals surface area (Å²) < 4.78 is 0. The van der Waals surface area contributed by atoms with Crippen LogP contribution in [0.5, 0.6) is 0 Å². The molecule has 0 radical (unpaired) electrons. The summed E-state index contributed by atoms with van der Waals surface area (Å²) in [4.78, 5) is 33.4. The van der Waals surface area contributed by atoms with Crippen LogP contribution in [0.4, 0.5) is 0 Å². The van der Waals surface area contributed by atoms with Crippen molar-refractivity contribution in [2.45, 2.75) is 0 Å². The molecule has 3 aromatic heterocycles. The minimum absolute atomic E-state index is 0.169. The first-order valence-electron chi connectivity index (χ1n) is 8.45. The lowest BCUT2D eigenvalue weighted by Gasteiger charge is -2.10. The summed E-state index contributed by atoms with van der Waals surface area (Å²) in [6, 6.07) is 17.0. The van der Waals surface area contributed by atoms with Crippen molar-refractivity contribution in [3.8, 4) is 22.5 Å². The topological polar surface area (TPSA) is 84.4 Å². The van der Waals surface area contributed by atoms with Gasteiger partial charge in [0, 0.05) is 35.8 Å². The van der Waals surface area contributed by atoms with E-state index in [9.17, 15) is 4.79 Å². The van der Waals surface area contributed by atoms with Crippen LogP contribution in [0.25, 0.3) is 44.7 Å². The molecule has 0 saturated carbocycles. The van der Waals surface area contributed by atoms with E-state index in [0.717, 1.165) is 22.2 Å². The molecule has 0 spiro atoms. The smallest absolute Gasteiger partial charge is 0.209 e. The molecule has 27 heavy (non-hydrogen) atoms. The molecule has 0 atom stereocenters. The Morgan fingerprint density at radius 2 is 1.52 bits per heavy atom. The fraction of sp³-hybridized carbons (Fsp3) is 0. The summed E-state index contributed by atoms with van der Waals surface area (Å²) >= 11 is 0. The molecule has 5 aromatic rings. The molecule has 0 aliphatic heterocycles. The van der Waals surface area contributed by atoms with E-state index < -0.39 is 0 Å². The molecule has 6 heteroatoms. The molecule has 3 heterocycles. The number of hydrogen-bond acceptors (Lipinski definition) is 5. The van der Waals surface area contributed by atoms with Crippen molar-refractivity contribution in [2.75, 3.05) is 0 Å². The molecule has 6 nitrogen and oxygen atoms in total. The van der Waals surface area contributed by atoms with Gasteiger partial charge in [0.05, 0.1) is 22.4 Å². The quantitative estimate of drug-likeness (QED) is 0.525. The Morgan fingerprint density at radius 1 is 0.741 bits per heavy atom. The zero-order valence-corrected chi connectivity index (χ0v) is 14.1. The Hall–Kier alpha value is -3.93. The van der Waals surface area contributed by atoms with Gasteiger partial charge in [0.25, 0.3) is 0 Å². The van der Waals surface area contributed by atoms with Crippen molar-refractivity contribution in [3.05, 3.63) is 83.4 Å². The van der Waals surface area contributed by atoms with Gasteiger partial charge in [0.2, 0.25) is 5.43 Å². The molecule has 0 fully saturated rings. The molecule has 128 valence electrons. The van der Waals surface area contributed by atoms with Crippen LogP contribution in [0.1, 0.15) is 0 Å². The van der Waals surface area contributed by atoms with Crippen molar-refractivity contribution in [1.29, 1.82) is 0 Å². The van der Waals surface area contributed by atoms with E-state index in [4.69, 9.17) is 4.98 Å². The first-order chi connectivity index (χ1) is 13.3. The second kappa shape index (κ2) is 6.10. The number of aromatic amines is 1. The fourth-order valence-corrected chi connectivity index (χ4v) is 3.09. The maximum absolute atomic E-state index is 12.3. The molecule has 0 aliphatic rings. The summed E-state index contributed by atoms with van der Waals surface area (Å²) in [5.41, 5.74) is 5.26. The van der Waals surface area contributed by atoms with E-state index in [1.807, 2.05) is 48.5 Å². The average Bonchev–Trinajstić information content (AvgIpc) is 2.73. The van der Waals surface area contributed by atoms with Crippen molar-refractivity contribution in [3.63, 3.8) is 0 Å². The highest BCUT2D eigenvalue weighted by atomic mass is 16.1. The number of aromatic nitrogens is 5. The Labute approximate surface area is 153 Å². The van der Waals surface area contributed by atoms with Gasteiger partial charge in [-0.25, -0.2) is 9.97 Å². The summed E-state index contributed by atoms with van der Waals surface area (Å²) in [7, 11) is 0. The van der Waals surface area contributed by atoms with Crippen LogP contribution in [-0.2, 0) is 0 Å². The highest BCUT2D eigenvalue weighted by Gasteiger charge is 2.15. The van der Waals surface area contributed by atoms with Gasteiger partial charge in [0.1, 0.15) is 0 Å². The Morgan fingerprint density at radius 3 is 2.37 bits per heavy atom. The third-order valence-electron chi connectivity index (χ3n) is 4.37. The molecule has 0 unspecified atom stereocenters.